The van der Waals surface area contributed by atoms with Crippen LogP contribution in [-0.2, 0) is 14.8 Å². The van der Waals surface area contributed by atoms with Crippen molar-refractivity contribution in [3.05, 3.63) is 48.0 Å². The fourth-order valence-electron chi connectivity index (χ4n) is 3.95. The molecule has 2 aromatic carbocycles. The highest BCUT2D eigenvalue weighted by Gasteiger charge is 2.47. The standard InChI is InChI=1S/C20H21NO8S/c1-27-15-8-2-3-11-17(15)30(25,26)21-20(24,19(22)23)29-16-10-5-7-13-12-6-4-9-14(12)28-18(13)16/h2-3,5,7-8,10-12,14,21,24H,4,6,9H2,1H3,(H,22,23). The number of aliphatic hydroxyl groups is 1. The Morgan fingerprint density at radius 2 is 1.90 bits per heavy atom. The Morgan fingerprint density at radius 3 is 2.63 bits per heavy atom. The molecule has 9 nitrogen and oxygen atoms in total. The van der Waals surface area contributed by atoms with E-state index in [1.165, 1.54) is 31.4 Å². The quantitative estimate of drug-likeness (QED) is 0.561. The summed E-state index contributed by atoms with van der Waals surface area (Å²) in [6.07, 6.45) is 2.79. The van der Waals surface area contributed by atoms with Gasteiger partial charge in [0.25, 0.3) is 0 Å². The van der Waals surface area contributed by atoms with Crippen molar-refractivity contribution in [2.75, 3.05) is 7.11 Å². The van der Waals surface area contributed by atoms with E-state index in [1.54, 1.807) is 16.9 Å². The average Bonchev–Trinajstić information content (AvgIpc) is 3.29. The van der Waals surface area contributed by atoms with Gasteiger partial charge in [-0.3, -0.25) is 0 Å². The lowest BCUT2D eigenvalue weighted by Crippen LogP contribution is -2.58. The summed E-state index contributed by atoms with van der Waals surface area (Å²) in [5.41, 5.74) is 0.857. The summed E-state index contributed by atoms with van der Waals surface area (Å²) < 4.78 is 43.5. The maximum Gasteiger partial charge on any atom is 0.395 e. The molecular formula is C20H21NO8S. The largest absolute Gasteiger partial charge is 0.495 e. The van der Waals surface area contributed by atoms with Gasteiger partial charge in [-0.25, -0.2) is 13.2 Å². The number of carboxylic acids is 1. The number of nitrogens with one attached hydrogen (secondary N) is 1. The maximum atomic E-state index is 12.8. The number of hydrogen-bond acceptors (Lipinski definition) is 7. The van der Waals surface area contributed by atoms with Crippen molar-refractivity contribution >= 4 is 16.0 Å². The minimum Gasteiger partial charge on any atom is -0.495 e. The number of carbonyl (C=O) groups is 1. The van der Waals surface area contributed by atoms with Gasteiger partial charge in [0.2, 0.25) is 10.0 Å². The Hall–Kier alpha value is -2.82. The molecule has 2 aromatic rings. The van der Waals surface area contributed by atoms with E-state index in [4.69, 9.17) is 14.2 Å². The molecule has 0 spiro atoms. The predicted molar refractivity (Wildman–Crippen MR) is 104 cm³/mol. The number of fused-ring (bicyclic) bond motifs is 3. The van der Waals surface area contributed by atoms with Crippen molar-refractivity contribution in [1.29, 1.82) is 0 Å². The van der Waals surface area contributed by atoms with Crippen LogP contribution < -0.4 is 18.9 Å². The van der Waals surface area contributed by atoms with Crippen molar-refractivity contribution in [3.8, 4) is 17.2 Å². The average molecular weight is 435 g/mol. The van der Waals surface area contributed by atoms with Gasteiger partial charge < -0.3 is 24.4 Å². The Morgan fingerprint density at radius 1 is 1.17 bits per heavy atom. The molecule has 3 N–H and O–H groups in total. The zero-order chi connectivity index (χ0) is 21.5. The van der Waals surface area contributed by atoms with Crippen LogP contribution in [0.4, 0.5) is 0 Å². The van der Waals surface area contributed by atoms with Crippen LogP contribution in [0.1, 0.15) is 30.7 Å². The van der Waals surface area contributed by atoms with E-state index in [0.717, 1.165) is 24.8 Å². The maximum absolute atomic E-state index is 12.8. The van der Waals surface area contributed by atoms with E-state index in [1.807, 2.05) is 6.07 Å². The lowest BCUT2D eigenvalue weighted by Gasteiger charge is -2.26. The molecule has 10 heteroatoms. The molecule has 1 aliphatic heterocycles. The van der Waals surface area contributed by atoms with Gasteiger partial charge in [0.1, 0.15) is 16.7 Å². The predicted octanol–water partition coefficient (Wildman–Crippen LogP) is 1.81. The molecule has 1 aliphatic carbocycles. The second-order valence-corrected chi connectivity index (χ2v) is 8.83. The summed E-state index contributed by atoms with van der Waals surface area (Å²) in [7, 11) is -3.25. The monoisotopic (exact) mass is 435 g/mol. The fraction of sp³-hybridized carbons (Fsp3) is 0.350. The number of carboxylic acid groups (broad SMARTS) is 1. The van der Waals surface area contributed by atoms with E-state index in [0.29, 0.717) is 5.75 Å². The van der Waals surface area contributed by atoms with Crippen molar-refractivity contribution in [2.24, 2.45) is 0 Å². The summed E-state index contributed by atoms with van der Waals surface area (Å²) >= 11 is 0. The van der Waals surface area contributed by atoms with Crippen LogP contribution in [0.5, 0.6) is 17.2 Å². The molecule has 0 bridgehead atoms. The van der Waals surface area contributed by atoms with Crippen LogP contribution in [0, 0.1) is 0 Å². The van der Waals surface area contributed by atoms with Crippen molar-refractivity contribution in [3.63, 3.8) is 0 Å². The van der Waals surface area contributed by atoms with E-state index in [-0.39, 0.29) is 28.4 Å². The van der Waals surface area contributed by atoms with Crippen LogP contribution in [0.15, 0.2) is 47.4 Å². The highest BCUT2D eigenvalue weighted by Crippen LogP contribution is 2.51. The second-order valence-electron chi connectivity index (χ2n) is 7.18. The Kier molecular flexibility index (Phi) is 5.08. The second kappa shape index (κ2) is 7.46. The van der Waals surface area contributed by atoms with Crippen molar-refractivity contribution < 1.29 is 37.6 Å². The first-order valence-corrected chi connectivity index (χ1v) is 10.8. The molecule has 1 saturated carbocycles. The molecule has 160 valence electrons. The topological polar surface area (TPSA) is 131 Å². The number of hydrogen-bond donors (Lipinski definition) is 3. The molecule has 30 heavy (non-hydrogen) atoms. The molecule has 0 amide bonds. The van der Waals surface area contributed by atoms with Crippen molar-refractivity contribution in [1.82, 2.24) is 4.72 Å². The van der Waals surface area contributed by atoms with Gasteiger partial charge in [-0.05, 0) is 37.5 Å². The van der Waals surface area contributed by atoms with E-state index < -0.39 is 21.9 Å². The van der Waals surface area contributed by atoms with Crippen LogP contribution in [0.2, 0.25) is 0 Å². The minimum absolute atomic E-state index is 0.0190. The molecule has 0 saturated heterocycles. The number of rotatable bonds is 7. The Labute approximate surface area is 173 Å². The summed E-state index contributed by atoms with van der Waals surface area (Å²) in [6.45, 7) is 0. The normalized spacial score (nSPS) is 21.8. The summed E-state index contributed by atoms with van der Waals surface area (Å²) in [6, 6.07) is 10.5. The number of methoxy groups -OCH3 is 1. The third-order valence-electron chi connectivity index (χ3n) is 5.31. The first-order chi connectivity index (χ1) is 14.2. The van der Waals surface area contributed by atoms with E-state index >= 15 is 0 Å². The molecule has 2 aliphatic rings. The SMILES string of the molecule is COc1ccccc1S(=O)(=O)NC(O)(Oc1cccc2c1OC1CCCC21)C(=O)O. The fourth-order valence-corrected chi connectivity index (χ4v) is 5.23. The lowest BCUT2D eigenvalue weighted by atomic mass is 9.97. The molecular weight excluding hydrogens is 414 g/mol. The van der Waals surface area contributed by atoms with Crippen LogP contribution in [0.3, 0.4) is 0 Å². The Bertz CT molecular complexity index is 1090. The molecule has 0 radical (unpaired) electrons. The van der Waals surface area contributed by atoms with E-state index in [9.17, 15) is 23.4 Å². The number of para-hydroxylation sites is 2. The van der Waals surface area contributed by atoms with Crippen LogP contribution >= 0.6 is 0 Å². The molecule has 3 atom stereocenters. The van der Waals surface area contributed by atoms with E-state index in [2.05, 4.69) is 0 Å². The molecule has 3 unspecified atom stereocenters. The Balaban J connectivity index is 1.67. The van der Waals surface area contributed by atoms with Gasteiger partial charge in [-0.1, -0.05) is 24.3 Å². The lowest BCUT2D eigenvalue weighted by molar-refractivity contribution is -0.197. The van der Waals surface area contributed by atoms with Gasteiger partial charge in [0, 0.05) is 11.5 Å². The number of aliphatic carboxylic acids is 1. The summed E-state index contributed by atoms with van der Waals surface area (Å²) in [5, 5.41) is 20.2. The van der Waals surface area contributed by atoms with Gasteiger partial charge in [0.05, 0.1) is 7.11 Å². The highest BCUT2D eigenvalue weighted by atomic mass is 32.2. The number of benzene rings is 2. The summed E-state index contributed by atoms with van der Waals surface area (Å²) in [4.78, 5) is 11.5. The smallest absolute Gasteiger partial charge is 0.395 e. The minimum atomic E-state index is -4.53. The van der Waals surface area contributed by atoms with Gasteiger partial charge in [0.15, 0.2) is 11.5 Å². The zero-order valence-corrected chi connectivity index (χ0v) is 16.9. The van der Waals surface area contributed by atoms with Crippen molar-refractivity contribution in [2.45, 2.75) is 42.1 Å². The number of sulfonamides is 1. The number of ether oxygens (including phenoxy) is 3. The molecule has 0 aromatic heterocycles. The van der Waals surface area contributed by atoms with Gasteiger partial charge in [-0.2, -0.15) is 0 Å². The third kappa shape index (κ3) is 3.47. The molecule has 4 rings (SSSR count). The molecule has 1 heterocycles. The highest BCUT2D eigenvalue weighted by molar-refractivity contribution is 7.89. The van der Waals surface area contributed by atoms with Gasteiger partial charge >= 0.3 is 11.9 Å². The van der Waals surface area contributed by atoms with Crippen LogP contribution in [0.25, 0.3) is 0 Å². The van der Waals surface area contributed by atoms with Gasteiger partial charge in [-0.15, -0.1) is 4.72 Å². The first kappa shape index (κ1) is 20.5. The summed E-state index contributed by atoms with van der Waals surface area (Å²) in [5.74, 6) is -4.79. The third-order valence-corrected chi connectivity index (χ3v) is 6.77. The molecule has 1 fully saturated rings. The zero-order valence-electron chi connectivity index (χ0n) is 16.1. The van der Waals surface area contributed by atoms with Crippen LogP contribution in [-0.4, -0.2) is 43.7 Å². The first-order valence-electron chi connectivity index (χ1n) is 9.36.